The van der Waals surface area contributed by atoms with Crippen LogP contribution >= 0.6 is 11.8 Å². The third kappa shape index (κ3) is 2.04. The van der Waals surface area contributed by atoms with Crippen LogP contribution in [0.1, 0.15) is 12.0 Å². The molecule has 0 saturated carbocycles. The van der Waals surface area contributed by atoms with Crippen molar-refractivity contribution in [2.45, 2.75) is 23.6 Å². The minimum absolute atomic E-state index is 0.158. The highest BCUT2D eigenvalue weighted by Crippen LogP contribution is 2.27. The minimum atomic E-state index is 0.158. The van der Waals surface area contributed by atoms with Gasteiger partial charge in [0, 0.05) is 4.90 Å². The number of aryl methyl sites for hydroxylation is 1. The van der Waals surface area contributed by atoms with E-state index in [0.717, 1.165) is 0 Å². The van der Waals surface area contributed by atoms with Crippen molar-refractivity contribution >= 4 is 17.7 Å². The van der Waals surface area contributed by atoms with Crippen LogP contribution in [0.25, 0.3) is 0 Å². The Hall–Kier alpha value is -0.960. The van der Waals surface area contributed by atoms with Crippen molar-refractivity contribution in [2.75, 3.05) is 0 Å². The van der Waals surface area contributed by atoms with Gasteiger partial charge >= 0.3 is 0 Å². The molecule has 1 amide bonds. The Morgan fingerprint density at radius 3 is 2.92 bits per heavy atom. The second kappa shape index (κ2) is 3.42. The molecule has 1 aromatic rings. The van der Waals surface area contributed by atoms with Crippen LogP contribution in [0.4, 0.5) is 0 Å². The normalized spacial score (nSPS) is 20.7. The van der Waals surface area contributed by atoms with Crippen molar-refractivity contribution < 1.29 is 4.79 Å². The lowest BCUT2D eigenvalue weighted by Crippen LogP contribution is -2.46. The molecule has 0 aromatic heterocycles. The molecule has 2 nitrogen and oxygen atoms in total. The van der Waals surface area contributed by atoms with E-state index in [1.165, 1.54) is 10.5 Å². The maximum absolute atomic E-state index is 10.6. The lowest BCUT2D eigenvalue weighted by Gasteiger charge is -2.26. The molecular weight excluding hydrogens is 182 g/mol. The van der Waals surface area contributed by atoms with Crippen LogP contribution in [0.5, 0.6) is 0 Å². The molecular formula is C10H11NOS. The maximum Gasteiger partial charge on any atom is 0.223 e. The molecule has 1 heterocycles. The topological polar surface area (TPSA) is 29.1 Å². The van der Waals surface area contributed by atoms with Crippen LogP contribution in [-0.2, 0) is 4.79 Å². The van der Waals surface area contributed by atoms with Gasteiger partial charge in [-0.1, -0.05) is 17.7 Å². The van der Waals surface area contributed by atoms with E-state index in [1.54, 1.807) is 11.8 Å². The second-order valence-corrected chi connectivity index (χ2v) is 4.47. The summed E-state index contributed by atoms with van der Waals surface area (Å²) in [6, 6.07) is 8.32. The number of amides is 1. The molecule has 2 rings (SSSR count). The van der Waals surface area contributed by atoms with Gasteiger partial charge in [-0.3, -0.25) is 4.79 Å². The quantitative estimate of drug-likeness (QED) is 0.727. The first-order valence-electron chi connectivity index (χ1n) is 4.27. The largest absolute Gasteiger partial charge is 0.343 e. The van der Waals surface area contributed by atoms with Gasteiger partial charge in [0.1, 0.15) is 0 Å². The predicted octanol–water partition coefficient (Wildman–Crippen LogP) is 1.93. The lowest BCUT2D eigenvalue weighted by atomic mass is 10.2. The lowest BCUT2D eigenvalue weighted by molar-refractivity contribution is -0.126. The number of nitrogens with one attached hydrogen (secondary N) is 1. The number of benzene rings is 1. The molecule has 68 valence electrons. The third-order valence-electron chi connectivity index (χ3n) is 1.96. The fraction of sp³-hybridized carbons (Fsp3) is 0.300. The molecule has 1 unspecified atom stereocenters. The van der Waals surface area contributed by atoms with Crippen molar-refractivity contribution in [3.63, 3.8) is 0 Å². The zero-order valence-corrected chi connectivity index (χ0v) is 8.23. The molecule has 0 bridgehead atoms. The average molecular weight is 193 g/mol. The number of hydrogen-bond acceptors (Lipinski definition) is 2. The molecule has 0 spiro atoms. The van der Waals surface area contributed by atoms with E-state index in [2.05, 4.69) is 30.4 Å². The molecule has 1 N–H and O–H groups in total. The van der Waals surface area contributed by atoms with Crippen LogP contribution in [0.2, 0.25) is 0 Å². The van der Waals surface area contributed by atoms with E-state index in [1.807, 2.05) is 6.07 Å². The van der Waals surface area contributed by atoms with Gasteiger partial charge in [0.2, 0.25) is 5.91 Å². The van der Waals surface area contributed by atoms with Crippen molar-refractivity contribution in [1.82, 2.24) is 5.32 Å². The molecule has 1 saturated heterocycles. The van der Waals surface area contributed by atoms with Crippen LogP contribution < -0.4 is 5.32 Å². The standard InChI is InChI=1S/C10H11NOS/c1-7-3-2-4-8(5-7)13-10-6-9(12)11-10/h2-5,10H,6H2,1H3,(H,11,12). The Morgan fingerprint density at radius 1 is 1.54 bits per heavy atom. The van der Waals surface area contributed by atoms with E-state index in [4.69, 9.17) is 0 Å². The van der Waals surface area contributed by atoms with Gasteiger partial charge in [-0.15, -0.1) is 11.8 Å². The highest BCUT2D eigenvalue weighted by atomic mass is 32.2. The van der Waals surface area contributed by atoms with E-state index >= 15 is 0 Å². The molecule has 13 heavy (non-hydrogen) atoms. The summed E-state index contributed by atoms with van der Waals surface area (Å²) in [5.74, 6) is 0.158. The number of β-lactam (4-membered cyclic amide) rings is 1. The van der Waals surface area contributed by atoms with E-state index in [-0.39, 0.29) is 11.3 Å². The minimum Gasteiger partial charge on any atom is -0.343 e. The van der Waals surface area contributed by atoms with Gasteiger partial charge in [-0.25, -0.2) is 0 Å². The van der Waals surface area contributed by atoms with Crippen molar-refractivity contribution in [1.29, 1.82) is 0 Å². The van der Waals surface area contributed by atoms with Gasteiger partial charge in [0.25, 0.3) is 0 Å². The Labute approximate surface area is 81.7 Å². The summed E-state index contributed by atoms with van der Waals surface area (Å²) in [6.45, 7) is 2.07. The highest BCUT2D eigenvalue weighted by molar-refractivity contribution is 8.00. The van der Waals surface area contributed by atoms with E-state index < -0.39 is 0 Å². The molecule has 1 aromatic carbocycles. The highest BCUT2D eigenvalue weighted by Gasteiger charge is 2.25. The first-order valence-corrected chi connectivity index (χ1v) is 5.15. The second-order valence-electron chi connectivity index (χ2n) is 3.19. The average Bonchev–Trinajstić information content (AvgIpc) is 2.01. The van der Waals surface area contributed by atoms with Crippen molar-refractivity contribution in [3.8, 4) is 0 Å². The number of rotatable bonds is 2. The summed E-state index contributed by atoms with van der Waals surface area (Å²) in [5.41, 5.74) is 1.26. The predicted molar refractivity (Wildman–Crippen MR) is 53.6 cm³/mol. The molecule has 0 aliphatic carbocycles. The zero-order valence-electron chi connectivity index (χ0n) is 7.41. The fourth-order valence-electron chi connectivity index (χ4n) is 1.25. The van der Waals surface area contributed by atoms with Gasteiger partial charge in [-0.05, 0) is 19.1 Å². The Kier molecular flexibility index (Phi) is 2.27. The van der Waals surface area contributed by atoms with Gasteiger partial charge in [0.15, 0.2) is 0 Å². The first kappa shape index (κ1) is 8.63. The molecule has 1 atom stereocenters. The van der Waals surface area contributed by atoms with E-state index in [9.17, 15) is 4.79 Å². The van der Waals surface area contributed by atoms with Crippen LogP contribution in [0.3, 0.4) is 0 Å². The van der Waals surface area contributed by atoms with Gasteiger partial charge < -0.3 is 5.32 Å². The molecule has 0 radical (unpaired) electrons. The monoisotopic (exact) mass is 193 g/mol. The Balaban J connectivity index is 1.98. The summed E-state index contributed by atoms with van der Waals surface area (Å²) in [4.78, 5) is 11.9. The van der Waals surface area contributed by atoms with Crippen LogP contribution in [0.15, 0.2) is 29.2 Å². The maximum atomic E-state index is 10.6. The number of carbonyl (C=O) groups excluding carboxylic acids is 1. The molecule has 1 fully saturated rings. The molecule has 1 aliphatic heterocycles. The fourth-order valence-corrected chi connectivity index (χ4v) is 2.42. The van der Waals surface area contributed by atoms with Crippen molar-refractivity contribution in [2.24, 2.45) is 0 Å². The number of hydrogen-bond donors (Lipinski definition) is 1. The summed E-state index contributed by atoms with van der Waals surface area (Å²) in [5, 5.41) is 3.12. The Bertz CT molecular complexity index is 329. The SMILES string of the molecule is Cc1cccc(SC2CC(=O)N2)c1. The van der Waals surface area contributed by atoms with E-state index in [0.29, 0.717) is 6.42 Å². The Morgan fingerprint density at radius 2 is 2.31 bits per heavy atom. The molecule has 1 aliphatic rings. The summed E-state index contributed by atoms with van der Waals surface area (Å²) >= 11 is 1.72. The summed E-state index contributed by atoms with van der Waals surface area (Å²) < 4.78 is 0. The smallest absolute Gasteiger partial charge is 0.223 e. The zero-order chi connectivity index (χ0) is 9.26. The van der Waals surface area contributed by atoms with Crippen LogP contribution in [0, 0.1) is 6.92 Å². The summed E-state index contributed by atoms with van der Waals surface area (Å²) in [6.07, 6.45) is 0.651. The molecule has 3 heteroatoms. The van der Waals surface area contributed by atoms with Gasteiger partial charge in [0.05, 0.1) is 11.8 Å². The number of thioether (sulfide) groups is 1. The summed E-state index contributed by atoms with van der Waals surface area (Å²) in [7, 11) is 0. The van der Waals surface area contributed by atoms with Crippen LogP contribution in [-0.4, -0.2) is 11.3 Å². The van der Waals surface area contributed by atoms with Gasteiger partial charge in [-0.2, -0.15) is 0 Å². The van der Waals surface area contributed by atoms with Crippen molar-refractivity contribution in [3.05, 3.63) is 29.8 Å². The first-order chi connectivity index (χ1) is 6.24. The third-order valence-corrected chi connectivity index (χ3v) is 3.06. The number of carbonyl (C=O) groups is 1.